The lowest BCUT2D eigenvalue weighted by atomic mass is 10.0. The van der Waals surface area contributed by atoms with Gasteiger partial charge in [-0.3, -0.25) is 9.69 Å². The van der Waals surface area contributed by atoms with Crippen LogP contribution in [0.3, 0.4) is 0 Å². The van der Waals surface area contributed by atoms with Crippen LogP contribution in [0.2, 0.25) is 0 Å². The zero-order valence-electron chi connectivity index (χ0n) is 14.7. The highest BCUT2D eigenvalue weighted by molar-refractivity contribution is 7.12. The molecule has 1 aromatic heterocycles. The van der Waals surface area contributed by atoms with Crippen molar-refractivity contribution >= 4 is 11.3 Å². The van der Waals surface area contributed by atoms with E-state index in [9.17, 15) is 4.79 Å². The standard InChI is InChI=1S/C20H19N3O3S/c24-20-22-21-19(27-20)14-5-3-13(4-6-14)11-23-9-1-2-16(23)15-7-8-17-18(10-15)26-12-25-17/h3-8,10,16H,1-2,9,11-12H2,(H,22,24)/t16-/m1/s1. The minimum atomic E-state index is -0.127. The fraction of sp³-hybridized carbons (Fsp3) is 0.300. The molecular weight excluding hydrogens is 362 g/mol. The molecule has 3 heterocycles. The van der Waals surface area contributed by atoms with E-state index in [2.05, 4.69) is 39.4 Å². The number of hydrogen-bond acceptors (Lipinski definition) is 6. The summed E-state index contributed by atoms with van der Waals surface area (Å²) in [6, 6.07) is 15.0. The largest absolute Gasteiger partial charge is 0.454 e. The topological polar surface area (TPSA) is 67.5 Å². The molecule has 1 N–H and O–H groups in total. The molecule has 0 saturated carbocycles. The van der Waals surface area contributed by atoms with Gasteiger partial charge in [0.2, 0.25) is 6.79 Å². The van der Waals surface area contributed by atoms with Gasteiger partial charge in [-0.25, -0.2) is 5.10 Å². The molecule has 1 saturated heterocycles. The van der Waals surface area contributed by atoms with E-state index in [4.69, 9.17) is 9.47 Å². The molecule has 0 spiro atoms. The first-order valence-electron chi connectivity index (χ1n) is 9.05. The second-order valence-electron chi connectivity index (χ2n) is 6.86. The quantitative estimate of drug-likeness (QED) is 0.748. The number of nitrogens with zero attached hydrogens (tertiary/aromatic N) is 2. The predicted molar refractivity (Wildman–Crippen MR) is 103 cm³/mol. The average Bonchev–Trinajstić information content (AvgIpc) is 3.42. The van der Waals surface area contributed by atoms with Crippen LogP contribution in [0.15, 0.2) is 47.3 Å². The molecule has 6 nitrogen and oxygen atoms in total. The van der Waals surface area contributed by atoms with Crippen molar-refractivity contribution in [2.45, 2.75) is 25.4 Å². The van der Waals surface area contributed by atoms with E-state index in [-0.39, 0.29) is 4.87 Å². The van der Waals surface area contributed by atoms with Crippen LogP contribution in [-0.4, -0.2) is 28.4 Å². The molecular formula is C20H19N3O3S. The Labute approximate surface area is 160 Å². The Kier molecular flexibility index (Phi) is 4.18. The predicted octanol–water partition coefficient (Wildman–Crippen LogP) is 3.56. The zero-order valence-corrected chi connectivity index (χ0v) is 15.5. The Morgan fingerprint density at radius 3 is 2.81 bits per heavy atom. The lowest BCUT2D eigenvalue weighted by molar-refractivity contribution is 0.174. The summed E-state index contributed by atoms with van der Waals surface area (Å²) in [7, 11) is 0. The number of nitrogens with one attached hydrogen (secondary N) is 1. The summed E-state index contributed by atoms with van der Waals surface area (Å²) in [6.45, 7) is 2.29. The van der Waals surface area contributed by atoms with Crippen molar-refractivity contribution in [2.24, 2.45) is 0 Å². The van der Waals surface area contributed by atoms with Gasteiger partial charge in [-0.05, 0) is 42.6 Å². The third kappa shape index (κ3) is 3.24. The van der Waals surface area contributed by atoms with Crippen LogP contribution in [0.5, 0.6) is 11.5 Å². The molecule has 0 radical (unpaired) electrons. The number of rotatable bonds is 4. The van der Waals surface area contributed by atoms with Crippen LogP contribution >= 0.6 is 11.3 Å². The van der Waals surface area contributed by atoms with E-state index >= 15 is 0 Å². The third-order valence-electron chi connectivity index (χ3n) is 5.17. The van der Waals surface area contributed by atoms with Crippen LogP contribution in [0.1, 0.15) is 30.0 Å². The number of H-pyrrole nitrogens is 1. The Bertz CT molecular complexity index is 1010. The van der Waals surface area contributed by atoms with Gasteiger partial charge in [0.15, 0.2) is 11.5 Å². The first kappa shape index (κ1) is 16.5. The number of hydrogen-bond donors (Lipinski definition) is 1. The first-order valence-corrected chi connectivity index (χ1v) is 9.86. The van der Waals surface area contributed by atoms with Gasteiger partial charge >= 0.3 is 4.87 Å². The Morgan fingerprint density at radius 2 is 2.00 bits per heavy atom. The molecule has 1 fully saturated rings. The van der Waals surface area contributed by atoms with Gasteiger partial charge in [-0.2, -0.15) is 5.10 Å². The maximum absolute atomic E-state index is 11.3. The highest BCUT2D eigenvalue weighted by Crippen LogP contribution is 2.39. The van der Waals surface area contributed by atoms with Crippen molar-refractivity contribution in [3.05, 3.63) is 63.3 Å². The Hall–Kier alpha value is -2.64. The molecule has 5 rings (SSSR count). The maximum Gasteiger partial charge on any atom is 0.322 e. The van der Waals surface area contributed by atoms with Crippen molar-refractivity contribution in [1.29, 1.82) is 0 Å². The fourth-order valence-corrected chi connectivity index (χ4v) is 4.47. The lowest BCUT2D eigenvalue weighted by Crippen LogP contribution is -2.22. The number of likely N-dealkylation sites (tertiary alicyclic amines) is 1. The average molecular weight is 381 g/mol. The van der Waals surface area contributed by atoms with Gasteiger partial charge in [-0.15, -0.1) is 0 Å². The molecule has 0 unspecified atom stereocenters. The summed E-state index contributed by atoms with van der Waals surface area (Å²) in [4.78, 5) is 13.7. The molecule has 27 heavy (non-hydrogen) atoms. The lowest BCUT2D eigenvalue weighted by Gasteiger charge is -2.25. The summed E-state index contributed by atoms with van der Waals surface area (Å²) in [5.41, 5.74) is 3.51. The molecule has 2 aromatic carbocycles. The first-order chi connectivity index (χ1) is 13.3. The highest BCUT2D eigenvalue weighted by Gasteiger charge is 2.27. The second kappa shape index (κ2) is 6.83. The summed E-state index contributed by atoms with van der Waals surface area (Å²) >= 11 is 1.13. The fourth-order valence-electron chi connectivity index (χ4n) is 3.85. The second-order valence-corrected chi connectivity index (χ2v) is 7.82. The molecule has 2 aliphatic rings. The maximum atomic E-state index is 11.3. The van der Waals surface area contributed by atoms with Crippen LogP contribution < -0.4 is 14.3 Å². The van der Waals surface area contributed by atoms with Gasteiger partial charge in [0.1, 0.15) is 5.01 Å². The van der Waals surface area contributed by atoms with E-state index in [0.717, 1.165) is 52.9 Å². The Morgan fingerprint density at radius 1 is 1.15 bits per heavy atom. The summed E-state index contributed by atoms with van der Waals surface area (Å²) in [6.07, 6.45) is 2.34. The monoisotopic (exact) mass is 381 g/mol. The summed E-state index contributed by atoms with van der Waals surface area (Å²) in [5, 5.41) is 7.24. The van der Waals surface area contributed by atoms with Gasteiger partial charge in [0.25, 0.3) is 0 Å². The normalized spacial score (nSPS) is 18.9. The number of benzene rings is 2. The molecule has 0 aliphatic carbocycles. The van der Waals surface area contributed by atoms with Crippen LogP contribution in [0.4, 0.5) is 0 Å². The van der Waals surface area contributed by atoms with Gasteiger partial charge in [-0.1, -0.05) is 41.7 Å². The molecule has 2 aliphatic heterocycles. The molecule has 1 atom stereocenters. The minimum absolute atomic E-state index is 0.127. The smallest absolute Gasteiger partial charge is 0.322 e. The van der Waals surface area contributed by atoms with Crippen LogP contribution in [0, 0.1) is 0 Å². The van der Waals surface area contributed by atoms with Crippen molar-refractivity contribution < 1.29 is 9.47 Å². The van der Waals surface area contributed by atoms with Crippen molar-refractivity contribution in [1.82, 2.24) is 15.1 Å². The van der Waals surface area contributed by atoms with Gasteiger partial charge in [0.05, 0.1) is 0 Å². The van der Waals surface area contributed by atoms with Crippen molar-refractivity contribution in [3.63, 3.8) is 0 Å². The molecule has 0 bridgehead atoms. The van der Waals surface area contributed by atoms with Crippen molar-refractivity contribution in [2.75, 3.05) is 13.3 Å². The van der Waals surface area contributed by atoms with E-state index in [0.29, 0.717) is 12.8 Å². The molecule has 0 amide bonds. The highest BCUT2D eigenvalue weighted by atomic mass is 32.1. The number of aromatic nitrogens is 2. The van der Waals surface area contributed by atoms with E-state index in [1.807, 2.05) is 18.2 Å². The minimum Gasteiger partial charge on any atom is -0.454 e. The summed E-state index contributed by atoms with van der Waals surface area (Å²) < 4.78 is 11.0. The van der Waals surface area contributed by atoms with Gasteiger partial charge in [0, 0.05) is 18.2 Å². The van der Waals surface area contributed by atoms with Crippen LogP contribution in [-0.2, 0) is 6.54 Å². The van der Waals surface area contributed by atoms with Crippen molar-refractivity contribution in [3.8, 4) is 22.1 Å². The Balaban J connectivity index is 1.33. The van der Waals surface area contributed by atoms with E-state index in [1.165, 1.54) is 17.5 Å². The van der Waals surface area contributed by atoms with Gasteiger partial charge < -0.3 is 9.47 Å². The molecule has 7 heteroatoms. The van der Waals surface area contributed by atoms with Crippen LogP contribution in [0.25, 0.3) is 10.6 Å². The molecule has 3 aromatic rings. The third-order valence-corrected chi connectivity index (χ3v) is 5.97. The zero-order chi connectivity index (χ0) is 18.2. The number of fused-ring (bicyclic) bond motifs is 1. The van der Waals surface area contributed by atoms with E-state index < -0.39 is 0 Å². The number of aromatic amines is 1. The number of ether oxygens (including phenoxy) is 2. The van der Waals surface area contributed by atoms with E-state index in [1.54, 1.807) is 0 Å². The summed E-state index contributed by atoms with van der Waals surface area (Å²) in [5.74, 6) is 1.68. The SMILES string of the molecule is O=c1[nH]nc(-c2ccc(CN3CCC[C@@H]3c3ccc4c(c3)OCO4)cc2)s1. The molecule has 138 valence electrons.